The Morgan fingerprint density at radius 2 is 2.25 bits per heavy atom. The number of alkyl halides is 1. The van der Waals surface area contributed by atoms with E-state index in [1.165, 1.54) is 13.0 Å². The van der Waals surface area contributed by atoms with Gasteiger partial charge in [0.15, 0.2) is 0 Å². The first-order chi connectivity index (χ1) is 3.63. The number of halogens is 1. The second-order valence-corrected chi connectivity index (χ2v) is 4.30. The molecule has 1 aliphatic rings. The average molecular weight is 225 g/mol. The fourth-order valence-electron chi connectivity index (χ4n) is 0.924. The molecule has 1 saturated heterocycles. The van der Waals surface area contributed by atoms with Gasteiger partial charge in [0.2, 0.25) is 0 Å². The zero-order valence-electron chi connectivity index (χ0n) is 5.37. The lowest BCUT2D eigenvalue weighted by molar-refractivity contribution is 0.400. The van der Waals surface area contributed by atoms with Crippen LogP contribution in [0.25, 0.3) is 0 Å². The number of rotatable bonds is 0. The fourth-order valence-corrected chi connectivity index (χ4v) is 1.55. The zero-order chi connectivity index (χ0) is 6.20. The average Bonchev–Trinajstić information content (AvgIpc) is 1.86. The normalized spacial score (nSPS) is 35.6. The van der Waals surface area contributed by atoms with Crippen LogP contribution >= 0.6 is 22.6 Å². The Bertz CT molecular complexity index is 90.5. The van der Waals surface area contributed by atoms with Crippen LogP contribution in [0.15, 0.2) is 0 Å². The van der Waals surface area contributed by atoms with Gasteiger partial charge in [-0.15, -0.1) is 0 Å². The first kappa shape index (κ1) is 6.81. The van der Waals surface area contributed by atoms with E-state index >= 15 is 0 Å². The van der Waals surface area contributed by atoms with Crippen LogP contribution in [0.3, 0.4) is 0 Å². The second kappa shape index (κ2) is 2.14. The minimum atomic E-state index is 0.528. The highest BCUT2D eigenvalue weighted by molar-refractivity contribution is 14.1. The summed E-state index contributed by atoms with van der Waals surface area (Å²) in [5, 5.41) is 3.40. The molecule has 0 bridgehead atoms. The molecule has 0 aliphatic carbocycles. The first-order valence-electron chi connectivity index (χ1n) is 3.00. The molecule has 1 rings (SSSR count). The van der Waals surface area contributed by atoms with E-state index in [9.17, 15) is 0 Å². The van der Waals surface area contributed by atoms with E-state index < -0.39 is 0 Å². The topological polar surface area (TPSA) is 12.0 Å². The summed E-state index contributed by atoms with van der Waals surface area (Å²) in [6.45, 7) is 5.81. The summed E-state index contributed by atoms with van der Waals surface area (Å²) in [5.74, 6) is 0. The molecular formula is C6H12IN. The van der Waals surface area contributed by atoms with Crippen molar-refractivity contribution in [3.05, 3.63) is 0 Å². The lowest BCUT2D eigenvalue weighted by Gasteiger charge is -2.20. The Hall–Kier alpha value is 0.690. The molecule has 0 spiro atoms. The summed E-state index contributed by atoms with van der Waals surface area (Å²) in [4.78, 5) is 0. The van der Waals surface area contributed by atoms with Crippen molar-refractivity contribution in [1.29, 1.82) is 0 Å². The van der Waals surface area contributed by atoms with Gasteiger partial charge in [-0.1, -0.05) is 36.4 Å². The van der Waals surface area contributed by atoms with Crippen LogP contribution in [0.1, 0.15) is 20.3 Å². The molecule has 1 fully saturated rings. The van der Waals surface area contributed by atoms with Crippen molar-refractivity contribution in [3.63, 3.8) is 0 Å². The lowest BCUT2D eigenvalue weighted by Crippen LogP contribution is -2.25. The van der Waals surface area contributed by atoms with Gasteiger partial charge < -0.3 is 5.32 Å². The molecule has 2 heteroatoms. The van der Waals surface area contributed by atoms with Crippen molar-refractivity contribution >= 4 is 22.6 Å². The molecule has 1 N–H and O–H groups in total. The van der Waals surface area contributed by atoms with Crippen molar-refractivity contribution in [2.75, 3.05) is 6.54 Å². The van der Waals surface area contributed by atoms with Gasteiger partial charge in [0.1, 0.15) is 0 Å². The third-order valence-corrected chi connectivity index (χ3v) is 3.91. The minimum Gasteiger partial charge on any atom is -0.305 e. The van der Waals surface area contributed by atoms with Crippen LogP contribution in [0.4, 0.5) is 0 Å². The maximum Gasteiger partial charge on any atom is 0.0645 e. The third kappa shape index (κ3) is 1.16. The summed E-state index contributed by atoms with van der Waals surface area (Å²) < 4.78 is 0.681. The van der Waals surface area contributed by atoms with E-state index in [0.29, 0.717) is 9.46 Å². The molecular weight excluding hydrogens is 213 g/mol. The second-order valence-electron chi connectivity index (χ2n) is 3.06. The predicted molar refractivity (Wildman–Crippen MR) is 44.2 cm³/mol. The van der Waals surface area contributed by atoms with Crippen LogP contribution in [-0.2, 0) is 0 Å². The molecule has 0 saturated carbocycles. The number of hydrogen-bond donors (Lipinski definition) is 1. The largest absolute Gasteiger partial charge is 0.305 e. The standard InChI is InChI=1S/C6H12IN/c1-6(2)3-4-8-5(6)7/h5,8H,3-4H2,1-2H3. The Morgan fingerprint density at radius 3 is 2.38 bits per heavy atom. The van der Waals surface area contributed by atoms with Crippen LogP contribution in [0.5, 0.6) is 0 Å². The summed E-state index contributed by atoms with van der Waals surface area (Å²) in [5.41, 5.74) is 0.528. The Balaban J connectivity index is 2.54. The van der Waals surface area contributed by atoms with E-state index in [1.807, 2.05) is 0 Å². The first-order valence-corrected chi connectivity index (χ1v) is 4.25. The van der Waals surface area contributed by atoms with Crippen molar-refractivity contribution < 1.29 is 0 Å². The van der Waals surface area contributed by atoms with Crippen molar-refractivity contribution in [2.24, 2.45) is 5.41 Å². The van der Waals surface area contributed by atoms with Gasteiger partial charge in [-0.3, -0.25) is 0 Å². The van der Waals surface area contributed by atoms with Crippen LogP contribution in [0.2, 0.25) is 0 Å². The van der Waals surface area contributed by atoms with Gasteiger partial charge in [0, 0.05) is 0 Å². The predicted octanol–water partition coefficient (Wildman–Crippen LogP) is 1.77. The highest BCUT2D eigenvalue weighted by Crippen LogP contribution is 2.33. The molecule has 8 heavy (non-hydrogen) atoms. The van der Waals surface area contributed by atoms with Gasteiger partial charge in [-0.05, 0) is 18.4 Å². The van der Waals surface area contributed by atoms with Crippen LogP contribution in [-0.4, -0.2) is 10.6 Å². The molecule has 0 amide bonds. The molecule has 1 heterocycles. The molecule has 0 radical (unpaired) electrons. The van der Waals surface area contributed by atoms with Crippen molar-refractivity contribution in [2.45, 2.75) is 24.3 Å². The number of nitrogens with one attached hydrogen (secondary N) is 1. The fraction of sp³-hybridized carbons (Fsp3) is 1.00. The molecule has 1 nitrogen and oxygen atoms in total. The monoisotopic (exact) mass is 225 g/mol. The minimum absolute atomic E-state index is 0.528. The third-order valence-electron chi connectivity index (χ3n) is 1.78. The zero-order valence-corrected chi connectivity index (χ0v) is 7.53. The van der Waals surface area contributed by atoms with E-state index in [-0.39, 0.29) is 0 Å². The highest BCUT2D eigenvalue weighted by atomic mass is 127. The Morgan fingerprint density at radius 1 is 1.62 bits per heavy atom. The van der Waals surface area contributed by atoms with Gasteiger partial charge >= 0.3 is 0 Å². The highest BCUT2D eigenvalue weighted by Gasteiger charge is 2.31. The van der Waals surface area contributed by atoms with E-state index in [0.717, 1.165) is 0 Å². The van der Waals surface area contributed by atoms with Gasteiger partial charge in [-0.25, -0.2) is 0 Å². The molecule has 0 aromatic heterocycles. The number of hydrogen-bond acceptors (Lipinski definition) is 1. The van der Waals surface area contributed by atoms with E-state index in [4.69, 9.17) is 0 Å². The summed E-state index contributed by atoms with van der Waals surface area (Å²) >= 11 is 2.46. The van der Waals surface area contributed by atoms with Crippen molar-refractivity contribution in [3.8, 4) is 0 Å². The van der Waals surface area contributed by atoms with Crippen LogP contribution in [0, 0.1) is 5.41 Å². The molecule has 1 atom stereocenters. The molecule has 0 aromatic carbocycles. The maximum atomic E-state index is 3.40. The smallest absolute Gasteiger partial charge is 0.0645 e. The summed E-state index contributed by atoms with van der Waals surface area (Å²) in [6.07, 6.45) is 1.32. The van der Waals surface area contributed by atoms with Gasteiger partial charge in [0.05, 0.1) is 4.05 Å². The SMILES string of the molecule is CC1(C)CCNC1I. The lowest BCUT2D eigenvalue weighted by atomic mass is 9.93. The summed E-state index contributed by atoms with van der Waals surface area (Å²) in [6, 6.07) is 0. The summed E-state index contributed by atoms with van der Waals surface area (Å²) in [7, 11) is 0. The van der Waals surface area contributed by atoms with Gasteiger partial charge in [0.25, 0.3) is 0 Å². The Labute approximate surface area is 64.4 Å². The van der Waals surface area contributed by atoms with Crippen LogP contribution < -0.4 is 5.32 Å². The quantitative estimate of drug-likeness (QED) is 0.376. The molecule has 48 valence electrons. The maximum absolute atomic E-state index is 3.40. The molecule has 0 aromatic rings. The van der Waals surface area contributed by atoms with E-state index in [2.05, 4.69) is 41.8 Å². The molecule has 1 unspecified atom stereocenters. The van der Waals surface area contributed by atoms with Gasteiger partial charge in [-0.2, -0.15) is 0 Å². The molecule has 1 aliphatic heterocycles. The van der Waals surface area contributed by atoms with E-state index in [1.54, 1.807) is 0 Å². The Kier molecular flexibility index (Phi) is 1.82. The van der Waals surface area contributed by atoms with Crippen molar-refractivity contribution in [1.82, 2.24) is 5.32 Å².